The van der Waals surface area contributed by atoms with E-state index in [4.69, 9.17) is 28.4 Å². The summed E-state index contributed by atoms with van der Waals surface area (Å²) in [7, 11) is 3.46. The third-order valence-electron chi connectivity index (χ3n) is 10.3. The Labute approximate surface area is 293 Å². The Morgan fingerprint density at radius 1 is 1.20 bits per heavy atom. The lowest BCUT2D eigenvalue weighted by Crippen LogP contribution is -2.69. The highest BCUT2D eigenvalue weighted by molar-refractivity contribution is 7.99. The van der Waals surface area contributed by atoms with Crippen LogP contribution in [0.25, 0.3) is 0 Å². The maximum Gasteiger partial charge on any atom is 0.408 e. The van der Waals surface area contributed by atoms with Crippen LogP contribution in [0.5, 0.6) is 28.7 Å². The Balaban J connectivity index is 1.49. The Morgan fingerprint density at radius 3 is 2.66 bits per heavy atom. The minimum Gasteiger partial charge on any atom is -0.504 e. The van der Waals surface area contributed by atoms with E-state index < -0.39 is 53.5 Å². The van der Waals surface area contributed by atoms with Crippen molar-refractivity contribution in [2.75, 3.05) is 39.9 Å². The predicted molar refractivity (Wildman–Crippen MR) is 178 cm³/mol. The minimum absolute atomic E-state index is 0.0179. The number of carbonyl (C=O) groups excluding carboxylic acids is 3. The van der Waals surface area contributed by atoms with Crippen molar-refractivity contribution in [2.45, 2.75) is 68.7 Å². The van der Waals surface area contributed by atoms with Gasteiger partial charge in [-0.1, -0.05) is 18.7 Å². The second-order valence-corrected chi connectivity index (χ2v) is 14.1. The van der Waals surface area contributed by atoms with Gasteiger partial charge in [-0.15, -0.1) is 11.8 Å². The van der Waals surface area contributed by atoms with E-state index in [0.717, 1.165) is 11.1 Å². The van der Waals surface area contributed by atoms with Crippen LogP contribution < -0.4 is 24.3 Å². The molecule has 6 heterocycles. The number of likely N-dealkylation sites (N-methyl/N-ethyl adjacent to an activating group) is 1. The van der Waals surface area contributed by atoms with Crippen molar-refractivity contribution in [3.05, 3.63) is 52.1 Å². The molecule has 0 aliphatic carbocycles. The Hall–Kier alpha value is -4.65. The molecular formula is C35H38N4O10S. The highest BCUT2D eigenvalue weighted by atomic mass is 32.2. The number of nitriles is 1. The molecule has 6 aliphatic rings. The van der Waals surface area contributed by atoms with Crippen LogP contribution in [-0.2, 0) is 25.5 Å². The number of hydrogen-bond acceptors (Lipinski definition) is 14. The summed E-state index contributed by atoms with van der Waals surface area (Å²) >= 11 is 1.34. The van der Waals surface area contributed by atoms with Gasteiger partial charge in [-0.05, 0) is 38.4 Å². The van der Waals surface area contributed by atoms with Gasteiger partial charge < -0.3 is 38.8 Å². The van der Waals surface area contributed by atoms with Gasteiger partial charge in [0.1, 0.15) is 31.0 Å². The van der Waals surface area contributed by atoms with E-state index in [1.54, 1.807) is 6.92 Å². The Bertz CT molecular complexity index is 1840. The number of phenolic OH excluding ortho intramolecular Hbond substituents is 1. The van der Waals surface area contributed by atoms with Crippen LogP contribution in [-0.4, -0.2) is 97.0 Å². The summed E-state index contributed by atoms with van der Waals surface area (Å²) in [5, 5.41) is 24.8. The van der Waals surface area contributed by atoms with Gasteiger partial charge in [-0.2, -0.15) is 5.26 Å². The number of nitrogens with one attached hydrogen (secondary N) is 1. The summed E-state index contributed by atoms with van der Waals surface area (Å²) in [4.78, 5) is 43.2. The number of amides is 1. The molecule has 4 bridgehead atoms. The first-order chi connectivity index (χ1) is 24.0. The number of phenols is 1. The van der Waals surface area contributed by atoms with Crippen molar-refractivity contribution >= 4 is 29.8 Å². The lowest BCUT2D eigenvalue weighted by Gasteiger charge is -2.61. The highest BCUT2D eigenvalue weighted by Crippen LogP contribution is 2.64. The summed E-state index contributed by atoms with van der Waals surface area (Å²) in [6.45, 7) is 8.19. The average molecular weight is 707 g/mol. The van der Waals surface area contributed by atoms with Crippen LogP contribution in [0.15, 0.2) is 18.7 Å². The topological polar surface area (TPSA) is 169 Å². The monoisotopic (exact) mass is 706 g/mol. The summed E-state index contributed by atoms with van der Waals surface area (Å²) in [6.07, 6.45) is 1.08. The number of hydrogen-bond donors (Lipinski definition) is 2. The van der Waals surface area contributed by atoms with E-state index >= 15 is 0 Å². The maximum absolute atomic E-state index is 13.6. The number of thioether (sulfide) groups is 1. The standard InChI is InChI=1S/C35H38N4O10S/c1-7-8-45-35(43)37-19-13-50-33-25-24(32-31(47-14-48-32)16(3)30(25)49-17(4)40)22(12-46-34(19)42)39-21(11-36)20-10-18-9-15(2)29(44-6)28(41)23(18)26(27(33)39)38(20)5/h7,9,19-22,26-27,33,41H,1,8,10,12-14H2,2-6H3,(H,37,43)/t19?,20-,21?,22-,26+,27?,33+/m0/s1. The van der Waals surface area contributed by atoms with Crippen LogP contribution in [0.1, 0.15) is 57.6 Å². The highest BCUT2D eigenvalue weighted by Gasteiger charge is 2.60. The molecule has 0 saturated carbocycles. The smallest absolute Gasteiger partial charge is 0.408 e. The molecule has 3 unspecified atom stereocenters. The first-order valence-corrected chi connectivity index (χ1v) is 17.3. The van der Waals surface area contributed by atoms with Gasteiger partial charge in [-0.3, -0.25) is 14.6 Å². The van der Waals surface area contributed by atoms with E-state index in [1.807, 2.05) is 20.0 Å². The SMILES string of the molecule is C=CCOC(=O)NC1CS[C@@H]2c3c(OC(C)=O)c(C)c4c(c3[C@H](COC1=O)N1C2[C@H]2c3c(cc(C)c(OC)c3O)C[C@@H](C1C#N)N2C)OCO4. The second kappa shape index (κ2) is 12.9. The lowest BCUT2D eigenvalue weighted by atomic mass is 9.71. The van der Waals surface area contributed by atoms with Gasteiger partial charge in [-0.25, -0.2) is 9.59 Å². The number of esters is 2. The number of fused-ring (bicyclic) bond motifs is 10. The fraction of sp³-hybridized carbons (Fsp3) is 0.486. The number of piperazine rings is 1. The molecule has 6 aliphatic heterocycles. The maximum atomic E-state index is 13.6. The van der Waals surface area contributed by atoms with Crippen molar-refractivity contribution in [2.24, 2.45) is 0 Å². The largest absolute Gasteiger partial charge is 0.504 e. The van der Waals surface area contributed by atoms with Gasteiger partial charge in [0, 0.05) is 47.0 Å². The molecule has 0 spiro atoms. The molecule has 8 rings (SSSR count). The number of methoxy groups -OCH3 is 1. The van der Waals surface area contributed by atoms with E-state index in [2.05, 4.69) is 27.8 Å². The summed E-state index contributed by atoms with van der Waals surface area (Å²) in [5.41, 5.74) is 4.15. The lowest BCUT2D eigenvalue weighted by molar-refractivity contribution is -0.151. The van der Waals surface area contributed by atoms with Gasteiger partial charge in [0.05, 0.1) is 30.5 Å². The molecule has 2 aromatic carbocycles. The second-order valence-electron chi connectivity index (χ2n) is 13.0. The molecule has 2 aromatic rings. The zero-order valence-corrected chi connectivity index (χ0v) is 29.1. The van der Waals surface area contributed by atoms with E-state index in [0.29, 0.717) is 51.7 Å². The fourth-order valence-corrected chi connectivity index (χ4v) is 9.89. The summed E-state index contributed by atoms with van der Waals surface area (Å²) in [5.74, 6) is 0.321. The molecule has 14 nitrogen and oxygen atoms in total. The molecule has 50 heavy (non-hydrogen) atoms. The van der Waals surface area contributed by atoms with Gasteiger partial charge >= 0.3 is 18.0 Å². The number of aromatic hydroxyl groups is 1. The van der Waals surface area contributed by atoms with Crippen LogP contribution in [0, 0.1) is 25.2 Å². The van der Waals surface area contributed by atoms with Crippen molar-refractivity contribution in [1.82, 2.24) is 15.1 Å². The number of ether oxygens (including phenoxy) is 6. The van der Waals surface area contributed by atoms with Crippen LogP contribution in [0.3, 0.4) is 0 Å². The van der Waals surface area contributed by atoms with Crippen molar-refractivity contribution in [3.63, 3.8) is 0 Å². The van der Waals surface area contributed by atoms with E-state index in [-0.39, 0.29) is 37.6 Å². The molecular weight excluding hydrogens is 668 g/mol. The molecule has 264 valence electrons. The first-order valence-electron chi connectivity index (χ1n) is 16.3. The number of aryl methyl sites for hydroxylation is 1. The van der Waals surface area contributed by atoms with E-state index in [1.165, 1.54) is 31.9 Å². The summed E-state index contributed by atoms with van der Waals surface area (Å²) < 4.78 is 34.8. The zero-order chi connectivity index (χ0) is 35.6. The molecule has 0 aromatic heterocycles. The number of benzene rings is 2. The van der Waals surface area contributed by atoms with Crippen LogP contribution in [0.4, 0.5) is 4.79 Å². The number of rotatable bonds is 5. The van der Waals surface area contributed by atoms with Gasteiger partial charge in [0.2, 0.25) is 6.79 Å². The molecule has 1 amide bonds. The number of carbonyl (C=O) groups is 3. The quantitative estimate of drug-likeness (QED) is 0.263. The molecule has 2 fully saturated rings. The third kappa shape index (κ3) is 5.11. The van der Waals surface area contributed by atoms with Crippen molar-refractivity contribution in [1.29, 1.82) is 5.26 Å². The molecule has 0 radical (unpaired) electrons. The predicted octanol–water partition coefficient (Wildman–Crippen LogP) is 3.51. The number of nitrogens with zero attached hydrogens (tertiary/aromatic N) is 3. The van der Waals surface area contributed by atoms with E-state index in [9.17, 15) is 24.8 Å². The van der Waals surface area contributed by atoms with Crippen LogP contribution >= 0.6 is 11.8 Å². The fourth-order valence-electron chi connectivity index (χ4n) is 8.39. The Kier molecular flexibility index (Phi) is 8.73. The van der Waals surface area contributed by atoms with Crippen LogP contribution in [0.2, 0.25) is 0 Å². The zero-order valence-electron chi connectivity index (χ0n) is 28.3. The molecule has 2 saturated heterocycles. The van der Waals surface area contributed by atoms with Crippen molar-refractivity contribution in [3.8, 4) is 34.8 Å². The Morgan fingerprint density at radius 2 is 1.96 bits per heavy atom. The molecule has 7 atom stereocenters. The molecule has 15 heteroatoms. The van der Waals surface area contributed by atoms with Crippen molar-refractivity contribution < 1.29 is 47.9 Å². The minimum atomic E-state index is -1.10. The van der Waals surface area contributed by atoms with Gasteiger partial charge in [0.15, 0.2) is 23.0 Å². The average Bonchev–Trinajstić information content (AvgIpc) is 3.57. The normalized spacial score (nSPS) is 27.8. The first kappa shape index (κ1) is 33.8. The van der Waals surface area contributed by atoms with Gasteiger partial charge in [0.25, 0.3) is 0 Å². The third-order valence-corrected chi connectivity index (χ3v) is 11.7. The molecule has 2 N–H and O–H groups in total. The number of alkyl carbamates (subject to hydrolysis) is 1. The summed E-state index contributed by atoms with van der Waals surface area (Å²) in [6, 6.07) is 0.661.